The molecule has 0 aliphatic carbocycles. The van der Waals surface area contributed by atoms with E-state index in [0.717, 1.165) is 6.42 Å². The van der Waals surface area contributed by atoms with Crippen LogP contribution < -0.4 is 0 Å². The van der Waals surface area contributed by atoms with E-state index in [1.807, 2.05) is 13.0 Å². The van der Waals surface area contributed by atoms with Crippen molar-refractivity contribution in [2.75, 3.05) is 6.61 Å². The summed E-state index contributed by atoms with van der Waals surface area (Å²) < 4.78 is 4.98. The predicted octanol–water partition coefficient (Wildman–Crippen LogP) is 2.61. The van der Waals surface area contributed by atoms with E-state index < -0.39 is 12.1 Å². The summed E-state index contributed by atoms with van der Waals surface area (Å²) in [5, 5.41) is 9.26. The van der Waals surface area contributed by atoms with Gasteiger partial charge >= 0.3 is 5.97 Å². The fourth-order valence-corrected chi connectivity index (χ4v) is 1.68. The molecule has 0 amide bonds. The second kappa shape index (κ2) is 7.30. The highest BCUT2D eigenvalue weighted by atomic mass is 35.5. The summed E-state index contributed by atoms with van der Waals surface area (Å²) in [5.74, 6) is -0.440. The van der Waals surface area contributed by atoms with Crippen molar-refractivity contribution in [3.63, 3.8) is 0 Å². The molecule has 0 aliphatic rings. The third-order valence-corrected chi connectivity index (χ3v) is 2.89. The van der Waals surface area contributed by atoms with E-state index >= 15 is 0 Å². The molecule has 3 nitrogen and oxygen atoms in total. The summed E-state index contributed by atoms with van der Waals surface area (Å²) >= 11 is 5.92. The Morgan fingerprint density at radius 2 is 2.06 bits per heavy atom. The highest BCUT2D eigenvalue weighted by molar-refractivity contribution is 6.21. The maximum absolute atomic E-state index is 11.6. The Morgan fingerprint density at radius 1 is 1.41 bits per heavy atom. The lowest BCUT2D eigenvalue weighted by atomic mass is 10.1. The largest absolute Gasteiger partial charge is 0.459 e. The number of benzene rings is 1. The van der Waals surface area contributed by atoms with Crippen molar-refractivity contribution < 1.29 is 14.6 Å². The fraction of sp³-hybridized carbons (Fsp3) is 0.462. The van der Waals surface area contributed by atoms with Crippen LogP contribution in [0, 0.1) is 0 Å². The van der Waals surface area contributed by atoms with Gasteiger partial charge in [-0.25, -0.2) is 4.79 Å². The first-order valence-corrected chi connectivity index (χ1v) is 6.13. The van der Waals surface area contributed by atoms with Crippen molar-refractivity contribution in [2.45, 2.75) is 31.2 Å². The summed E-state index contributed by atoms with van der Waals surface area (Å²) in [5.41, 5.74) is 0.473. The fourth-order valence-electron chi connectivity index (χ4n) is 1.39. The summed E-state index contributed by atoms with van der Waals surface area (Å²) in [7, 11) is 0. The lowest BCUT2D eigenvalue weighted by molar-refractivity contribution is 0.0244. The van der Waals surface area contributed by atoms with Crippen LogP contribution in [0.5, 0.6) is 0 Å². The maximum Gasteiger partial charge on any atom is 0.338 e. The van der Waals surface area contributed by atoms with Crippen LogP contribution >= 0.6 is 11.6 Å². The number of alkyl halides is 1. The first-order valence-electron chi connectivity index (χ1n) is 5.69. The zero-order chi connectivity index (χ0) is 12.7. The van der Waals surface area contributed by atoms with E-state index in [2.05, 4.69) is 0 Å². The average Bonchev–Trinajstić information content (AvgIpc) is 2.36. The van der Waals surface area contributed by atoms with Gasteiger partial charge in [-0.15, -0.1) is 11.6 Å². The number of carbonyl (C=O) groups excluding carboxylic acids is 1. The van der Waals surface area contributed by atoms with E-state index in [1.165, 1.54) is 0 Å². The molecule has 2 atom stereocenters. The van der Waals surface area contributed by atoms with Gasteiger partial charge in [-0.2, -0.15) is 0 Å². The van der Waals surface area contributed by atoms with Gasteiger partial charge in [0.05, 0.1) is 10.9 Å². The summed E-state index contributed by atoms with van der Waals surface area (Å²) in [6, 6.07) is 8.67. The van der Waals surface area contributed by atoms with E-state index in [4.69, 9.17) is 16.3 Å². The molecule has 0 radical (unpaired) electrons. The van der Waals surface area contributed by atoms with Crippen LogP contribution in [0.4, 0.5) is 0 Å². The number of carbonyl (C=O) groups is 1. The van der Waals surface area contributed by atoms with Gasteiger partial charge in [-0.3, -0.25) is 0 Å². The van der Waals surface area contributed by atoms with E-state index in [9.17, 15) is 9.90 Å². The molecular weight excluding hydrogens is 240 g/mol. The number of aliphatic hydroxyl groups is 1. The molecule has 1 aromatic rings. The Kier molecular flexibility index (Phi) is 6.01. The molecule has 0 heterocycles. The van der Waals surface area contributed by atoms with Gasteiger partial charge in [0.2, 0.25) is 0 Å². The normalized spacial score (nSPS) is 14.1. The van der Waals surface area contributed by atoms with Crippen LogP contribution in [0.25, 0.3) is 0 Å². The van der Waals surface area contributed by atoms with E-state index in [1.54, 1.807) is 24.3 Å². The highest BCUT2D eigenvalue weighted by Gasteiger charge is 2.17. The Hall–Kier alpha value is -1.06. The Bertz CT molecular complexity index is 340. The SMILES string of the molecule is CCC[C@H](Cl)[C@@H](O)COC(=O)c1ccccc1. The molecule has 0 unspecified atom stereocenters. The number of ether oxygens (including phenoxy) is 1. The lowest BCUT2D eigenvalue weighted by Gasteiger charge is -2.16. The zero-order valence-corrected chi connectivity index (χ0v) is 10.6. The molecule has 0 saturated carbocycles. The van der Waals surface area contributed by atoms with Gasteiger partial charge < -0.3 is 9.84 Å². The molecule has 1 aromatic carbocycles. The van der Waals surface area contributed by atoms with Crippen molar-refractivity contribution >= 4 is 17.6 Å². The van der Waals surface area contributed by atoms with Crippen molar-refractivity contribution in [3.05, 3.63) is 35.9 Å². The second-order valence-electron chi connectivity index (χ2n) is 3.84. The molecule has 0 spiro atoms. The van der Waals surface area contributed by atoms with Gasteiger partial charge in [0.25, 0.3) is 0 Å². The minimum Gasteiger partial charge on any atom is -0.459 e. The molecule has 0 bridgehead atoms. The summed E-state index contributed by atoms with van der Waals surface area (Å²) in [6.07, 6.45) is 0.771. The molecule has 1 rings (SSSR count). The van der Waals surface area contributed by atoms with Crippen LogP contribution in [0.3, 0.4) is 0 Å². The Balaban J connectivity index is 2.38. The van der Waals surface area contributed by atoms with Crippen LogP contribution in [0.2, 0.25) is 0 Å². The second-order valence-corrected chi connectivity index (χ2v) is 4.40. The first-order chi connectivity index (χ1) is 8.15. The smallest absolute Gasteiger partial charge is 0.338 e. The molecule has 94 valence electrons. The van der Waals surface area contributed by atoms with Crippen LogP contribution in [0.1, 0.15) is 30.1 Å². The number of hydrogen-bond acceptors (Lipinski definition) is 3. The first kappa shape index (κ1) is 14.0. The monoisotopic (exact) mass is 256 g/mol. The van der Waals surface area contributed by atoms with Gasteiger partial charge in [-0.1, -0.05) is 31.5 Å². The third-order valence-electron chi connectivity index (χ3n) is 2.38. The molecule has 17 heavy (non-hydrogen) atoms. The zero-order valence-electron chi connectivity index (χ0n) is 9.80. The molecule has 0 aromatic heterocycles. The quantitative estimate of drug-likeness (QED) is 0.629. The molecule has 0 aliphatic heterocycles. The van der Waals surface area contributed by atoms with Crippen LogP contribution in [0.15, 0.2) is 30.3 Å². The van der Waals surface area contributed by atoms with Crippen LogP contribution in [-0.2, 0) is 4.74 Å². The van der Waals surface area contributed by atoms with Crippen LogP contribution in [-0.4, -0.2) is 29.2 Å². The predicted molar refractivity (Wildman–Crippen MR) is 67.3 cm³/mol. The Morgan fingerprint density at radius 3 is 2.65 bits per heavy atom. The topological polar surface area (TPSA) is 46.5 Å². The average molecular weight is 257 g/mol. The van der Waals surface area contributed by atoms with Gasteiger partial charge in [-0.05, 0) is 18.6 Å². The summed E-state index contributed by atoms with van der Waals surface area (Å²) in [4.78, 5) is 11.6. The minimum atomic E-state index is -0.815. The third kappa shape index (κ3) is 4.75. The van der Waals surface area contributed by atoms with Crippen molar-refractivity contribution in [1.29, 1.82) is 0 Å². The molecule has 0 fully saturated rings. The maximum atomic E-state index is 11.6. The molecule has 4 heteroatoms. The number of rotatable bonds is 6. The summed E-state index contributed by atoms with van der Waals surface area (Å²) in [6.45, 7) is 1.92. The highest BCUT2D eigenvalue weighted by Crippen LogP contribution is 2.11. The Labute approximate surface area is 106 Å². The number of aliphatic hydroxyl groups excluding tert-OH is 1. The van der Waals surface area contributed by atoms with Gasteiger partial charge in [0, 0.05) is 0 Å². The standard InChI is InChI=1S/C13H17ClO3/c1-2-6-11(14)12(15)9-17-13(16)10-7-4-3-5-8-10/h3-5,7-8,11-12,15H,2,6,9H2,1H3/t11-,12-/m0/s1. The molecular formula is C13H17ClO3. The number of hydrogen-bond donors (Lipinski definition) is 1. The van der Waals surface area contributed by atoms with E-state index in [-0.39, 0.29) is 12.0 Å². The van der Waals surface area contributed by atoms with Gasteiger partial charge in [0.15, 0.2) is 0 Å². The minimum absolute atomic E-state index is 0.0676. The number of halogens is 1. The number of esters is 1. The molecule has 0 saturated heterocycles. The lowest BCUT2D eigenvalue weighted by Crippen LogP contribution is -2.27. The van der Waals surface area contributed by atoms with Gasteiger partial charge in [0.1, 0.15) is 12.7 Å². The molecule has 1 N–H and O–H groups in total. The van der Waals surface area contributed by atoms with Crippen molar-refractivity contribution in [2.24, 2.45) is 0 Å². The van der Waals surface area contributed by atoms with E-state index in [0.29, 0.717) is 12.0 Å². The van der Waals surface area contributed by atoms with Crippen molar-refractivity contribution in [1.82, 2.24) is 0 Å². The van der Waals surface area contributed by atoms with Crippen molar-refractivity contribution in [3.8, 4) is 0 Å².